The van der Waals surface area contributed by atoms with Crippen molar-refractivity contribution < 1.29 is 47.7 Å². The quantitative estimate of drug-likeness (QED) is 0.144. The number of hydrazine groups is 1. The molecule has 182 valence electrons. The summed E-state index contributed by atoms with van der Waals surface area (Å²) < 4.78 is 26.6. The zero-order chi connectivity index (χ0) is 25.2. The Hall–Kier alpha value is -3.26. The summed E-state index contributed by atoms with van der Waals surface area (Å²) in [6.45, 7) is 1.64. The van der Waals surface area contributed by atoms with Crippen molar-refractivity contribution in [3.63, 3.8) is 0 Å². The molecule has 33 heavy (non-hydrogen) atoms. The second-order valence-corrected chi connectivity index (χ2v) is 9.47. The number of hydrogen-bond acceptors (Lipinski definition) is 9. The Balaban J connectivity index is 2.13. The number of likely N-dealkylation sites (tertiary alicyclic amines) is 1. The SMILES string of the molecule is C[C@@H]1CC(=O)N1[C@@H](C(=O)O)[C@](C)(COC(=O)NN(C)C(=O)c1ccc(O)c(O)c1Cl)[SH](=O)=O. The fourth-order valence-electron chi connectivity index (χ4n) is 3.24. The van der Waals surface area contributed by atoms with Crippen molar-refractivity contribution in [2.75, 3.05) is 13.7 Å². The molecule has 3 atom stereocenters. The smallest absolute Gasteiger partial charge is 0.426 e. The van der Waals surface area contributed by atoms with Gasteiger partial charge >= 0.3 is 12.1 Å². The van der Waals surface area contributed by atoms with E-state index in [-0.39, 0.29) is 12.0 Å². The Kier molecular flexibility index (Phi) is 7.64. The lowest BCUT2D eigenvalue weighted by molar-refractivity contribution is -0.163. The number of nitrogens with zero attached hydrogens (tertiary/aromatic N) is 2. The number of carbonyl (C=O) groups excluding carboxylic acids is 3. The van der Waals surface area contributed by atoms with Crippen LogP contribution in [0, 0.1) is 0 Å². The maximum atomic E-state index is 12.4. The van der Waals surface area contributed by atoms with Gasteiger partial charge in [0, 0.05) is 19.5 Å². The monoisotopic (exact) mass is 507 g/mol. The van der Waals surface area contributed by atoms with Gasteiger partial charge < -0.3 is 25.0 Å². The molecule has 0 aliphatic carbocycles. The van der Waals surface area contributed by atoms with Crippen LogP contribution in [-0.2, 0) is 25.0 Å². The second kappa shape index (κ2) is 9.70. The highest BCUT2D eigenvalue weighted by Crippen LogP contribution is 2.35. The first-order valence-electron chi connectivity index (χ1n) is 9.32. The maximum absolute atomic E-state index is 12.4. The third kappa shape index (κ3) is 5.06. The number of halogens is 1. The van der Waals surface area contributed by atoms with Gasteiger partial charge in [0.2, 0.25) is 5.91 Å². The molecule has 1 aliphatic heterocycles. The van der Waals surface area contributed by atoms with E-state index in [1.807, 2.05) is 5.43 Å². The molecule has 1 heterocycles. The van der Waals surface area contributed by atoms with Crippen LogP contribution in [0.3, 0.4) is 0 Å². The molecule has 1 aromatic rings. The lowest BCUT2D eigenvalue weighted by Gasteiger charge is -2.46. The molecular weight excluding hydrogens is 486 g/mol. The summed E-state index contributed by atoms with van der Waals surface area (Å²) in [5, 5.41) is 28.7. The van der Waals surface area contributed by atoms with Crippen LogP contribution in [0.25, 0.3) is 0 Å². The molecule has 0 spiro atoms. The number of thiol groups is 1. The molecule has 4 N–H and O–H groups in total. The number of hydrogen-bond donors (Lipinski definition) is 5. The minimum Gasteiger partial charge on any atom is -0.504 e. The highest BCUT2D eigenvalue weighted by atomic mass is 35.5. The topological polar surface area (TPSA) is 191 Å². The van der Waals surface area contributed by atoms with Gasteiger partial charge in [-0.25, -0.2) is 23.4 Å². The Bertz CT molecular complexity index is 1070. The van der Waals surface area contributed by atoms with Gasteiger partial charge in [0.25, 0.3) is 5.91 Å². The third-order valence-corrected chi connectivity index (χ3v) is 6.73. The minimum absolute atomic E-state index is 0.0547. The molecule has 1 saturated heterocycles. The Morgan fingerprint density at radius 2 is 1.97 bits per heavy atom. The van der Waals surface area contributed by atoms with Crippen molar-refractivity contribution in [1.29, 1.82) is 0 Å². The number of phenols is 2. The van der Waals surface area contributed by atoms with Gasteiger partial charge in [0.05, 0.1) is 10.6 Å². The number of phenolic OH excluding ortho intramolecular Hbond substituents is 2. The third-order valence-electron chi connectivity index (χ3n) is 5.14. The number of ether oxygens (including phenoxy) is 1. The fraction of sp³-hybridized carbons (Fsp3) is 0.444. The first-order valence-corrected chi connectivity index (χ1v) is 10.9. The van der Waals surface area contributed by atoms with Crippen LogP contribution in [0.5, 0.6) is 11.5 Å². The van der Waals surface area contributed by atoms with Crippen LogP contribution in [0.2, 0.25) is 5.02 Å². The summed E-state index contributed by atoms with van der Waals surface area (Å²) in [5.41, 5.74) is 1.71. The molecule has 1 aromatic carbocycles. The van der Waals surface area contributed by atoms with E-state index in [0.29, 0.717) is 5.01 Å². The molecule has 0 unspecified atom stereocenters. The zero-order valence-electron chi connectivity index (χ0n) is 17.6. The van der Waals surface area contributed by atoms with E-state index in [1.54, 1.807) is 6.92 Å². The standard InChI is InChI=1S/C18H22ClN3O10S/c1-8-6-11(24)22(8)14(16(27)28)18(2,33(30)31)7-32-17(29)20-21(3)15(26)9-4-5-10(23)13(25)12(9)19/h4-5,8,14,23,25,33H,6-7H2,1-3H3,(H,20,29)(H,27,28)/t8-,14+,18+/m1/s1. The number of carboxylic acid groups (broad SMARTS) is 1. The van der Waals surface area contributed by atoms with E-state index in [1.165, 1.54) is 0 Å². The predicted molar refractivity (Wildman–Crippen MR) is 112 cm³/mol. The normalized spacial score (nSPS) is 18.2. The van der Waals surface area contributed by atoms with Crippen LogP contribution >= 0.6 is 11.6 Å². The second-order valence-electron chi connectivity index (χ2n) is 7.56. The van der Waals surface area contributed by atoms with E-state index < -0.39 is 74.5 Å². The van der Waals surface area contributed by atoms with Gasteiger partial charge in [-0.3, -0.25) is 14.6 Å². The van der Waals surface area contributed by atoms with Crippen molar-refractivity contribution in [2.24, 2.45) is 0 Å². The average molecular weight is 508 g/mol. The van der Waals surface area contributed by atoms with Crippen LogP contribution < -0.4 is 5.43 Å². The van der Waals surface area contributed by atoms with Crippen LogP contribution in [-0.4, -0.2) is 88.0 Å². The largest absolute Gasteiger partial charge is 0.504 e. The summed E-state index contributed by atoms with van der Waals surface area (Å²) >= 11 is 5.81. The summed E-state index contributed by atoms with van der Waals surface area (Å²) in [4.78, 5) is 49.2. The number of nitrogens with one attached hydrogen (secondary N) is 1. The van der Waals surface area contributed by atoms with E-state index in [2.05, 4.69) is 0 Å². The molecule has 3 amide bonds. The van der Waals surface area contributed by atoms with E-state index in [0.717, 1.165) is 31.0 Å². The Labute approximate surface area is 194 Å². The van der Waals surface area contributed by atoms with Gasteiger partial charge in [-0.05, 0) is 26.0 Å². The fourth-order valence-corrected chi connectivity index (χ4v) is 4.08. The number of benzene rings is 1. The van der Waals surface area contributed by atoms with Gasteiger partial charge in [0.15, 0.2) is 28.2 Å². The van der Waals surface area contributed by atoms with Crippen LogP contribution in [0.1, 0.15) is 30.6 Å². The summed E-state index contributed by atoms with van der Waals surface area (Å²) in [6.07, 6.45) is -1.25. The van der Waals surface area contributed by atoms with Gasteiger partial charge in [-0.2, -0.15) is 0 Å². The van der Waals surface area contributed by atoms with E-state index in [9.17, 15) is 42.9 Å². The lowest BCUT2D eigenvalue weighted by atomic mass is 9.92. The number of β-lactam (4-membered cyclic amide) rings is 1. The average Bonchev–Trinajstić information content (AvgIpc) is 2.73. The molecule has 0 aromatic heterocycles. The maximum Gasteiger partial charge on any atom is 0.426 e. The Morgan fingerprint density at radius 3 is 2.45 bits per heavy atom. The molecule has 0 bridgehead atoms. The van der Waals surface area contributed by atoms with Gasteiger partial charge in [-0.1, -0.05) is 11.6 Å². The summed E-state index contributed by atoms with van der Waals surface area (Å²) in [7, 11) is -2.41. The lowest BCUT2D eigenvalue weighted by Crippen LogP contribution is -2.67. The number of rotatable bonds is 7. The van der Waals surface area contributed by atoms with Crippen molar-refractivity contribution in [1.82, 2.24) is 15.3 Å². The number of aliphatic carboxylic acids is 1. The van der Waals surface area contributed by atoms with Crippen LogP contribution in [0.15, 0.2) is 12.1 Å². The van der Waals surface area contributed by atoms with Crippen molar-refractivity contribution in [2.45, 2.75) is 37.1 Å². The van der Waals surface area contributed by atoms with E-state index in [4.69, 9.17) is 16.3 Å². The minimum atomic E-state index is -3.50. The number of carbonyl (C=O) groups is 4. The number of carboxylic acids is 1. The highest BCUT2D eigenvalue weighted by Gasteiger charge is 2.53. The number of aromatic hydroxyl groups is 2. The van der Waals surface area contributed by atoms with E-state index >= 15 is 0 Å². The molecule has 15 heteroatoms. The molecule has 2 rings (SSSR count). The van der Waals surface area contributed by atoms with Crippen molar-refractivity contribution in [3.05, 3.63) is 22.7 Å². The first kappa shape index (κ1) is 26.0. The molecule has 1 fully saturated rings. The van der Waals surface area contributed by atoms with Crippen LogP contribution in [0.4, 0.5) is 4.79 Å². The zero-order valence-corrected chi connectivity index (χ0v) is 19.3. The number of amides is 3. The van der Waals surface area contributed by atoms with Crippen molar-refractivity contribution >= 4 is 46.2 Å². The molecule has 13 nitrogen and oxygen atoms in total. The van der Waals surface area contributed by atoms with Gasteiger partial charge in [-0.15, -0.1) is 0 Å². The molecular formula is C18H22ClN3O10S. The molecule has 0 saturated carbocycles. The Morgan fingerprint density at radius 1 is 1.36 bits per heavy atom. The summed E-state index contributed by atoms with van der Waals surface area (Å²) in [6, 6.07) is -0.232. The van der Waals surface area contributed by atoms with Crippen molar-refractivity contribution in [3.8, 4) is 11.5 Å². The summed E-state index contributed by atoms with van der Waals surface area (Å²) in [5.74, 6) is -4.38. The van der Waals surface area contributed by atoms with Gasteiger partial charge in [0.1, 0.15) is 11.4 Å². The highest BCUT2D eigenvalue weighted by molar-refractivity contribution is 7.74. The first-order chi connectivity index (χ1) is 15.2. The predicted octanol–water partition coefficient (Wildman–Crippen LogP) is -0.0915. The molecule has 0 radical (unpaired) electrons. The molecule has 1 aliphatic rings.